The molecule has 0 amide bonds. The van der Waals surface area contributed by atoms with Crippen LogP contribution in [0.1, 0.15) is 78.6 Å². The van der Waals surface area contributed by atoms with Gasteiger partial charge in [-0.15, -0.1) is 0 Å². The van der Waals surface area contributed by atoms with Gasteiger partial charge in [0.2, 0.25) is 0 Å². The molecule has 0 aromatic heterocycles. The largest absolute Gasteiger partial charge is 0.381 e. The lowest BCUT2D eigenvalue weighted by atomic mass is 9.78. The number of rotatable bonds is 7. The lowest BCUT2D eigenvalue weighted by Gasteiger charge is -2.33. The fraction of sp³-hybridized carbons (Fsp3) is 1.00. The first-order valence-corrected chi connectivity index (χ1v) is 9.74. The predicted octanol–water partition coefficient (Wildman–Crippen LogP) is 5.45. The van der Waals surface area contributed by atoms with Gasteiger partial charge in [-0.1, -0.05) is 20.8 Å². The van der Waals surface area contributed by atoms with Crippen molar-refractivity contribution in [2.75, 3.05) is 13.7 Å². The topological polar surface area (TPSA) is 18.5 Å². The van der Waals surface area contributed by atoms with Crippen molar-refractivity contribution < 1.29 is 9.47 Å². The summed E-state index contributed by atoms with van der Waals surface area (Å²) in [5.41, 5.74) is 0. The Morgan fingerprint density at radius 2 is 1.32 bits per heavy atom. The fourth-order valence-corrected chi connectivity index (χ4v) is 4.47. The Kier molecular flexibility index (Phi) is 7.70. The van der Waals surface area contributed by atoms with Gasteiger partial charge < -0.3 is 9.47 Å². The standard InChI is InChI=1S/C20H38O2/c1-15(2)17-5-11-20(12-6-17)22-14-13-16(3)18-7-9-19(21-4)10-8-18/h15-20H,5-14H2,1-4H3/t16?,17?,18-,19+,20?. The van der Waals surface area contributed by atoms with Crippen molar-refractivity contribution in [1.82, 2.24) is 0 Å². The first-order chi connectivity index (χ1) is 10.6. The highest BCUT2D eigenvalue weighted by Crippen LogP contribution is 2.34. The van der Waals surface area contributed by atoms with E-state index >= 15 is 0 Å². The monoisotopic (exact) mass is 310 g/mol. The third-order valence-electron chi connectivity index (χ3n) is 6.45. The molecular weight excluding hydrogens is 272 g/mol. The lowest BCUT2D eigenvalue weighted by molar-refractivity contribution is 0.000204. The highest BCUT2D eigenvalue weighted by molar-refractivity contribution is 4.77. The Bertz CT molecular complexity index is 286. The van der Waals surface area contributed by atoms with Gasteiger partial charge in [0.25, 0.3) is 0 Å². The molecule has 2 aliphatic rings. The van der Waals surface area contributed by atoms with Crippen molar-refractivity contribution in [3.05, 3.63) is 0 Å². The van der Waals surface area contributed by atoms with Gasteiger partial charge in [0.15, 0.2) is 0 Å². The van der Waals surface area contributed by atoms with Crippen LogP contribution in [0.4, 0.5) is 0 Å². The zero-order valence-electron chi connectivity index (χ0n) is 15.4. The van der Waals surface area contributed by atoms with Crippen LogP contribution in [0.3, 0.4) is 0 Å². The third-order valence-corrected chi connectivity index (χ3v) is 6.45. The summed E-state index contributed by atoms with van der Waals surface area (Å²) in [6.45, 7) is 8.14. The minimum atomic E-state index is 0.524. The van der Waals surface area contributed by atoms with Crippen LogP contribution in [-0.2, 0) is 9.47 Å². The molecule has 2 rings (SSSR count). The van der Waals surface area contributed by atoms with Crippen LogP contribution in [0, 0.1) is 23.7 Å². The predicted molar refractivity (Wildman–Crippen MR) is 93.1 cm³/mol. The lowest BCUT2D eigenvalue weighted by Crippen LogP contribution is -2.27. The smallest absolute Gasteiger partial charge is 0.0575 e. The molecule has 2 heteroatoms. The van der Waals surface area contributed by atoms with Crippen molar-refractivity contribution >= 4 is 0 Å². The first-order valence-electron chi connectivity index (χ1n) is 9.74. The van der Waals surface area contributed by atoms with Gasteiger partial charge in [-0.3, -0.25) is 0 Å². The third kappa shape index (κ3) is 5.53. The highest BCUT2D eigenvalue weighted by atomic mass is 16.5. The molecule has 0 aromatic rings. The molecule has 0 aromatic carbocycles. The molecule has 2 nitrogen and oxygen atoms in total. The molecule has 0 heterocycles. The molecule has 130 valence electrons. The van der Waals surface area contributed by atoms with E-state index in [9.17, 15) is 0 Å². The van der Waals surface area contributed by atoms with E-state index in [1.807, 2.05) is 7.11 Å². The van der Waals surface area contributed by atoms with Crippen LogP contribution in [0.2, 0.25) is 0 Å². The molecule has 22 heavy (non-hydrogen) atoms. The van der Waals surface area contributed by atoms with Gasteiger partial charge in [0, 0.05) is 13.7 Å². The second-order valence-electron chi connectivity index (χ2n) is 8.19. The number of ether oxygens (including phenoxy) is 2. The van der Waals surface area contributed by atoms with Gasteiger partial charge in [0.1, 0.15) is 0 Å². The van der Waals surface area contributed by atoms with Gasteiger partial charge in [0.05, 0.1) is 12.2 Å². The van der Waals surface area contributed by atoms with Crippen molar-refractivity contribution in [2.45, 2.75) is 90.8 Å². The number of methoxy groups -OCH3 is 1. The molecule has 0 saturated heterocycles. The summed E-state index contributed by atoms with van der Waals surface area (Å²) in [6, 6.07) is 0. The first kappa shape index (κ1) is 18.3. The van der Waals surface area contributed by atoms with E-state index in [1.54, 1.807) is 0 Å². The quantitative estimate of drug-likeness (QED) is 0.622. The Labute approximate surface area is 138 Å². The number of hydrogen-bond donors (Lipinski definition) is 0. The van der Waals surface area contributed by atoms with E-state index in [0.717, 1.165) is 30.3 Å². The zero-order chi connectivity index (χ0) is 15.9. The average molecular weight is 311 g/mol. The Balaban J connectivity index is 1.57. The second-order valence-corrected chi connectivity index (χ2v) is 8.19. The molecule has 1 atom stereocenters. The van der Waals surface area contributed by atoms with E-state index in [1.165, 1.54) is 57.8 Å². The van der Waals surface area contributed by atoms with Gasteiger partial charge in [-0.05, 0) is 81.5 Å². The highest BCUT2D eigenvalue weighted by Gasteiger charge is 2.26. The summed E-state index contributed by atoms with van der Waals surface area (Å²) in [5.74, 6) is 3.49. The Morgan fingerprint density at radius 3 is 1.86 bits per heavy atom. The summed E-state index contributed by atoms with van der Waals surface area (Å²) < 4.78 is 11.7. The summed E-state index contributed by atoms with van der Waals surface area (Å²) in [6.07, 6.45) is 12.8. The molecule has 0 N–H and O–H groups in total. The summed E-state index contributed by atoms with van der Waals surface area (Å²) >= 11 is 0. The normalized spacial score (nSPS) is 34.8. The molecule has 0 bridgehead atoms. The van der Waals surface area contributed by atoms with Crippen molar-refractivity contribution in [3.8, 4) is 0 Å². The second kappa shape index (κ2) is 9.27. The molecule has 2 aliphatic carbocycles. The fourth-order valence-electron chi connectivity index (χ4n) is 4.47. The maximum Gasteiger partial charge on any atom is 0.0575 e. The molecule has 2 fully saturated rings. The molecular formula is C20H38O2. The molecule has 2 saturated carbocycles. The minimum Gasteiger partial charge on any atom is -0.381 e. The average Bonchev–Trinajstić information content (AvgIpc) is 2.55. The van der Waals surface area contributed by atoms with Crippen LogP contribution in [-0.4, -0.2) is 25.9 Å². The number of hydrogen-bond acceptors (Lipinski definition) is 2. The van der Waals surface area contributed by atoms with Crippen LogP contribution >= 0.6 is 0 Å². The minimum absolute atomic E-state index is 0.524. The van der Waals surface area contributed by atoms with Gasteiger partial charge in [-0.25, -0.2) is 0 Å². The van der Waals surface area contributed by atoms with E-state index < -0.39 is 0 Å². The summed E-state index contributed by atoms with van der Waals surface area (Å²) in [4.78, 5) is 0. The van der Waals surface area contributed by atoms with E-state index in [-0.39, 0.29) is 0 Å². The van der Waals surface area contributed by atoms with E-state index in [0.29, 0.717) is 12.2 Å². The van der Waals surface area contributed by atoms with Crippen molar-refractivity contribution in [3.63, 3.8) is 0 Å². The van der Waals surface area contributed by atoms with E-state index in [4.69, 9.17) is 9.47 Å². The van der Waals surface area contributed by atoms with E-state index in [2.05, 4.69) is 20.8 Å². The summed E-state index contributed by atoms with van der Waals surface area (Å²) in [5, 5.41) is 0. The van der Waals surface area contributed by atoms with Crippen molar-refractivity contribution in [2.24, 2.45) is 23.7 Å². The van der Waals surface area contributed by atoms with Crippen LogP contribution in [0.5, 0.6) is 0 Å². The maximum absolute atomic E-state index is 6.19. The van der Waals surface area contributed by atoms with Crippen LogP contribution in [0.15, 0.2) is 0 Å². The van der Waals surface area contributed by atoms with Crippen LogP contribution < -0.4 is 0 Å². The zero-order valence-corrected chi connectivity index (χ0v) is 15.4. The van der Waals surface area contributed by atoms with Crippen molar-refractivity contribution in [1.29, 1.82) is 0 Å². The summed E-state index contributed by atoms with van der Waals surface area (Å²) in [7, 11) is 1.86. The SMILES string of the molecule is CO[C@H]1CC[C@@H](C(C)CCOC2CCC(C(C)C)CC2)CC1. The molecule has 0 spiro atoms. The van der Waals surface area contributed by atoms with Crippen LogP contribution in [0.25, 0.3) is 0 Å². The Hall–Kier alpha value is -0.0800. The molecule has 1 unspecified atom stereocenters. The van der Waals surface area contributed by atoms with Gasteiger partial charge in [-0.2, -0.15) is 0 Å². The maximum atomic E-state index is 6.19. The van der Waals surface area contributed by atoms with Gasteiger partial charge >= 0.3 is 0 Å². The molecule has 0 aliphatic heterocycles. The Morgan fingerprint density at radius 1 is 0.773 bits per heavy atom. The molecule has 0 radical (unpaired) electrons.